The molecule has 0 bridgehead atoms. The van der Waals surface area contributed by atoms with Gasteiger partial charge in [-0.3, -0.25) is 4.79 Å². The smallest absolute Gasteiger partial charge is 0.272 e. The van der Waals surface area contributed by atoms with Gasteiger partial charge >= 0.3 is 0 Å². The third-order valence-corrected chi connectivity index (χ3v) is 3.12. The molecule has 2 N–H and O–H groups in total. The van der Waals surface area contributed by atoms with Crippen LogP contribution in [0.4, 0.5) is 20.3 Å². The van der Waals surface area contributed by atoms with Gasteiger partial charge in [0.15, 0.2) is 11.5 Å². The first kappa shape index (κ1) is 15.6. The Morgan fingerprint density at radius 3 is 2.46 bits per heavy atom. The van der Waals surface area contributed by atoms with Crippen molar-refractivity contribution in [3.8, 4) is 0 Å². The van der Waals surface area contributed by atoms with E-state index in [2.05, 4.69) is 20.8 Å². The minimum Gasteiger partial charge on any atom is -0.467 e. The number of carbonyl (C=O) groups excluding carboxylic acids is 1. The van der Waals surface area contributed by atoms with Crippen LogP contribution in [0.2, 0.25) is 0 Å². The number of carbonyl (C=O) groups is 1. The molecule has 6 nitrogen and oxygen atoms in total. The first-order valence-corrected chi connectivity index (χ1v) is 6.99. The van der Waals surface area contributed by atoms with Crippen molar-refractivity contribution >= 4 is 17.4 Å². The fraction of sp³-hybridized carbons (Fsp3) is 0.0625. The molecule has 0 aliphatic heterocycles. The summed E-state index contributed by atoms with van der Waals surface area (Å²) < 4.78 is 32.2. The molecule has 0 aliphatic carbocycles. The quantitative estimate of drug-likeness (QED) is 0.752. The summed E-state index contributed by atoms with van der Waals surface area (Å²) in [6, 6.07) is 9.73. The third-order valence-electron chi connectivity index (χ3n) is 3.12. The maximum atomic E-state index is 13.6. The van der Waals surface area contributed by atoms with E-state index in [1.165, 1.54) is 24.5 Å². The third kappa shape index (κ3) is 3.54. The summed E-state index contributed by atoms with van der Waals surface area (Å²) in [5.41, 5.74) is -0.261. The maximum Gasteiger partial charge on any atom is 0.272 e. The minimum absolute atomic E-state index is 0.0705. The van der Waals surface area contributed by atoms with E-state index in [0.717, 1.165) is 12.1 Å². The second kappa shape index (κ2) is 6.86. The summed E-state index contributed by atoms with van der Waals surface area (Å²) in [4.78, 5) is 11.9. The lowest BCUT2D eigenvalue weighted by atomic mass is 10.3. The second-order valence-electron chi connectivity index (χ2n) is 4.79. The number of anilines is 2. The Labute approximate surface area is 135 Å². The first-order chi connectivity index (χ1) is 11.6. The topological polar surface area (TPSA) is 80.0 Å². The van der Waals surface area contributed by atoms with Gasteiger partial charge in [0, 0.05) is 0 Å². The lowest BCUT2D eigenvalue weighted by Crippen LogP contribution is -2.23. The van der Waals surface area contributed by atoms with E-state index >= 15 is 0 Å². The number of rotatable bonds is 5. The number of hydrogen-bond acceptors (Lipinski definition) is 5. The molecule has 0 radical (unpaired) electrons. The molecule has 122 valence electrons. The van der Waals surface area contributed by atoms with Gasteiger partial charge in [0.1, 0.15) is 23.1 Å². The summed E-state index contributed by atoms with van der Waals surface area (Å²) >= 11 is 0. The monoisotopic (exact) mass is 330 g/mol. The Bertz CT molecular complexity index is 816. The fourth-order valence-electron chi connectivity index (χ4n) is 1.94. The summed E-state index contributed by atoms with van der Waals surface area (Å²) in [7, 11) is 0. The van der Waals surface area contributed by atoms with E-state index < -0.39 is 17.5 Å². The highest BCUT2D eigenvalue weighted by Crippen LogP contribution is 2.21. The summed E-state index contributed by atoms with van der Waals surface area (Å²) in [5, 5.41) is 12.6. The van der Waals surface area contributed by atoms with Crippen LogP contribution in [-0.4, -0.2) is 16.1 Å². The zero-order valence-electron chi connectivity index (χ0n) is 12.3. The number of hydrogen-bond donors (Lipinski definition) is 2. The van der Waals surface area contributed by atoms with Gasteiger partial charge in [0.25, 0.3) is 5.91 Å². The van der Waals surface area contributed by atoms with Gasteiger partial charge in [-0.25, -0.2) is 8.78 Å². The molecule has 0 aliphatic rings. The van der Waals surface area contributed by atoms with Gasteiger partial charge in [-0.1, -0.05) is 6.07 Å². The molecule has 24 heavy (non-hydrogen) atoms. The van der Waals surface area contributed by atoms with Gasteiger partial charge < -0.3 is 15.1 Å². The zero-order valence-corrected chi connectivity index (χ0v) is 12.3. The Morgan fingerprint density at radius 2 is 1.83 bits per heavy atom. The van der Waals surface area contributed by atoms with Crippen molar-refractivity contribution < 1.29 is 18.0 Å². The molecule has 3 rings (SSSR count). The molecule has 0 atom stereocenters. The van der Waals surface area contributed by atoms with Crippen LogP contribution in [-0.2, 0) is 6.54 Å². The average Bonchev–Trinajstić information content (AvgIpc) is 3.10. The molecule has 0 saturated carbocycles. The van der Waals surface area contributed by atoms with Crippen molar-refractivity contribution in [1.29, 1.82) is 0 Å². The number of nitrogens with zero attached hydrogens (tertiary/aromatic N) is 2. The van der Waals surface area contributed by atoms with Gasteiger partial charge in [0.2, 0.25) is 0 Å². The molecule has 3 aromatic rings. The molecule has 0 saturated heterocycles. The van der Waals surface area contributed by atoms with Gasteiger partial charge in [0.05, 0.1) is 12.8 Å². The van der Waals surface area contributed by atoms with Crippen LogP contribution in [0.1, 0.15) is 16.2 Å². The van der Waals surface area contributed by atoms with Crippen LogP contribution in [0.25, 0.3) is 0 Å². The molecule has 1 aromatic carbocycles. The van der Waals surface area contributed by atoms with E-state index in [1.54, 1.807) is 12.1 Å². The Morgan fingerprint density at radius 1 is 1.04 bits per heavy atom. The molecule has 8 heteroatoms. The SMILES string of the molecule is O=C(NCc1ccco1)c1ccc(Nc2c(F)cccc2F)nn1. The molecular weight excluding hydrogens is 318 g/mol. The average molecular weight is 330 g/mol. The highest BCUT2D eigenvalue weighted by molar-refractivity contribution is 5.92. The second-order valence-corrected chi connectivity index (χ2v) is 4.79. The van der Waals surface area contributed by atoms with Crippen molar-refractivity contribution in [3.63, 3.8) is 0 Å². The number of furan rings is 1. The number of aromatic nitrogens is 2. The van der Waals surface area contributed by atoms with Gasteiger partial charge in [-0.15, -0.1) is 10.2 Å². The maximum absolute atomic E-state index is 13.6. The number of nitrogens with one attached hydrogen (secondary N) is 2. The molecule has 2 heterocycles. The predicted octanol–water partition coefficient (Wildman–Crippen LogP) is 3.02. The normalized spacial score (nSPS) is 10.4. The summed E-state index contributed by atoms with van der Waals surface area (Å²) in [6.07, 6.45) is 1.50. The first-order valence-electron chi connectivity index (χ1n) is 6.99. The standard InChI is InChI=1S/C16H12F2N4O2/c17-11-4-1-5-12(18)15(11)20-14-7-6-13(21-22-14)16(23)19-9-10-3-2-8-24-10/h1-8H,9H2,(H,19,23)(H,20,22). The predicted molar refractivity (Wildman–Crippen MR) is 81.6 cm³/mol. The minimum atomic E-state index is -0.753. The highest BCUT2D eigenvalue weighted by Gasteiger charge is 2.11. The van der Waals surface area contributed by atoms with E-state index in [9.17, 15) is 13.6 Å². The van der Waals surface area contributed by atoms with Crippen LogP contribution in [0.5, 0.6) is 0 Å². The van der Waals surface area contributed by atoms with Crippen LogP contribution in [0, 0.1) is 11.6 Å². The summed E-state index contributed by atoms with van der Waals surface area (Å²) in [6.45, 7) is 0.216. The molecule has 2 aromatic heterocycles. The molecule has 1 amide bonds. The molecule has 0 spiro atoms. The number of benzene rings is 1. The van der Waals surface area contributed by atoms with Crippen LogP contribution in [0.3, 0.4) is 0 Å². The van der Waals surface area contributed by atoms with Gasteiger partial charge in [-0.2, -0.15) is 0 Å². The molecule has 0 unspecified atom stereocenters. The van der Waals surface area contributed by atoms with Crippen molar-refractivity contribution in [2.24, 2.45) is 0 Å². The fourth-order valence-corrected chi connectivity index (χ4v) is 1.94. The van der Waals surface area contributed by atoms with E-state index in [1.807, 2.05) is 0 Å². The summed E-state index contributed by atoms with van der Waals surface area (Å²) in [5.74, 6) is -1.23. The molecule has 0 fully saturated rings. The van der Waals surface area contributed by atoms with Crippen LogP contribution in [0.15, 0.2) is 53.1 Å². The van der Waals surface area contributed by atoms with E-state index in [4.69, 9.17) is 4.42 Å². The van der Waals surface area contributed by atoms with Crippen molar-refractivity contribution in [2.75, 3.05) is 5.32 Å². The van der Waals surface area contributed by atoms with Gasteiger partial charge in [-0.05, 0) is 36.4 Å². The Balaban J connectivity index is 1.65. The highest BCUT2D eigenvalue weighted by atomic mass is 19.1. The van der Waals surface area contributed by atoms with Crippen molar-refractivity contribution in [3.05, 3.63) is 71.8 Å². The number of halogens is 2. The van der Waals surface area contributed by atoms with Crippen LogP contribution >= 0.6 is 0 Å². The Hall–Kier alpha value is -3.29. The van der Waals surface area contributed by atoms with E-state index in [0.29, 0.717) is 5.76 Å². The lowest BCUT2D eigenvalue weighted by molar-refractivity contribution is 0.0942. The number of para-hydroxylation sites is 1. The van der Waals surface area contributed by atoms with Crippen molar-refractivity contribution in [2.45, 2.75) is 6.54 Å². The Kier molecular flexibility index (Phi) is 4.46. The van der Waals surface area contributed by atoms with Crippen molar-refractivity contribution in [1.82, 2.24) is 15.5 Å². The van der Waals surface area contributed by atoms with Crippen LogP contribution < -0.4 is 10.6 Å². The zero-order chi connectivity index (χ0) is 16.9. The van der Waals surface area contributed by atoms with E-state index in [-0.39, 0.29) is 23.7 Å². The lowest BCUT2D eigenvalue weighted by Gasteiger charge is -2.07. The number of amides is 1. The largest absolute Gasteiger partial charge is 0.467 e. The molecular formula is C16H12F2N4O2.